The molecule has 0 spiro atoms. The second kappa shape index (κ2) is 5.61. The third-order valence-corrected chi connectivity index (χ3v) is 6.15. The van der Waals surface area contributed by atoms with Crippen LogP contribution < -0.4 is 0 Å². The van der Waals surface area contributed by atoms with E-state index in [-0.39, 0.29) is 0 Å². The monoisotopic (exact) mass is 320 g/mol. The van der Waals surface area contributed by atoms with Crippen LogP contribution in [0.3, 0.4) is 0 Å². The van der Waals surface area contributed by atoms with E-state index in [1.165, 1.54) is 37.5 Å². The number of allylic oxidation sites excluding steroid dienone is 1. The molecule has 4 rings (SSSR count). The quantitative estimate of drug-likeness (QED) is 0.533. The van der Waals surface area contributed by atoms with Crippen LogP contribution in [0.25, 0.3) is 15.9 Å². The smallest absolute Gasteiger partial charge is 0.142 e. The first-order chi connectivity index (χ1) is 11.2. The second-order valence-corrected chi connectivity index (χ2v) is 7.24. The molecule has 0 fully saturated rings. The number of aryl methyl sites for hydroxylation is 2. The Labute approximate surface area is 141 Å². The van der Waals surface area contributed by atoms with Crippen LogP contribution in [0.2, 0.25) is 0 Å². The van der Waals surface area contributed by atoms with Crippen molar-refractivity contribution in [3.63, 3.8) is 0 Å². The van der Waals surface area contributed by atoms with Crippen LogP contribution in [0.4, 0.5) is 0 Å². The Morgan fingerprint density at radius 3 is 2.61 bits per heavy atom. The van der Waals surface area contributed by atoms with Crippen molar-refractivity contribution in [1.29, 1.82) is 0 Å². The van der Waals surface area contributed by atoms with Gasteiger partial charge in [0.05, 0.1) is 4.91 Å². The molecule has 1 aromatic heterocycles. The molecule has 116 valence electrons. The lowest BCUT2D eigenvalue weighted by Gasteiger charge is -2.24. The fraction of sp³-hybridized carbons (Fsp3) is 0.238. The topological polar surface area (TPSA) is 13.1 Å². The molecular formula is C21H20OS. The van der Waals surface area contributed by atoms with Crippen LogP contribution in [0.15, 0.2) is 57.4 Å². The van der Waals surface area contributed by atoms with Crippen LogP contribution in [-0.2, 0) is 6.42 Å². The zero-order valence-electron chi connectivity index (χ0n) is 13.8. The van der Waals surface area contributed by atoms with Crippen LogP contribution in [-0.4, -0.2) is 0 Å². The molecule has 1 aliphatic rings. The van der Waals surface area contributed by atoms with Crippen molar-refractivity contribution in [3.05, 3.63) is 70.5 Å². The summed E-state index contributed by atoms with van der Waals surface area (Å²) in [6.07, 6.45) is 2.10. The van der Waals surface area contributed by atoms with E-state index >= 15 is 0 Å². The van der Waals surface area contributed by atoms with Gasteiger partial charge in [0.1, 0.15) is 11.3 Å². The second-order valence-electron chi connectivity index (χ2n) is 6.22. The normalized spacial score (nSPS) is 14.4. The van der Waals surface area contributed by atoms with Crippen molar-refractivity contribution in [2.45, 2.75) is 38.5 Å². The summed E-state index contributed by atoms with van der Waals surface area (Å²) in [6, 6.07) is 14.9. The Bertz CT molecular complexity index is 897. The van der Waals surface area contributed by atoms with Crippen molar-refractivity contribution in [2.75, 3.05) is 0 Å². The molecule has 0 N–H and O–H groups in total. The highest BCUT2D eigenvalue weighted by Crippen LogP contribution is 2.47. The fourth-order valence-corrected chi connectivity index (χ4v) is 4.63. The summed E-state index contributed by atoms with van der Waals surface area (Å²) in [5, 5.41) is 1.18. The van der Waals surface area contributed by atoms with Gasteiger partial charge in [0, 0.05) is 10.3 Å². The Morgan fingerprint density at radius 1 is 1.04 bits per heavy atom. The predicted molar refractivity (Wildman–Crippen MR) is 98.9 cm³/mol. The number of furan rings is 1. The van der Waals surface area contributed by atoms with Gasteiger partial charge < -0.3 is 4.42 Å². The molecule has 0 aliphatic carbocycles. The molecule has 23 heavy (non-hydrogen) atoms. The van der Waals surface area contributed by atoms with E-state index in [2.05, 4.69) is 51.1 Å². The molecule has 0 amide bonds. The van der Waals surface area contributed by atoms with Crippen molar-refractivity contribution >= 4 is 27.6 Å². The summed E-state index contributed by atoms with van der Waals surface area (Å²) in [5.74, 6) is 1.01. The SMILES string of the molecule is CCC1=C(c2cc3ccccc3o2)Sc2c(C)ccc(C)c2C1. The fourth-order valence-electron chi connectivity index (χ4n) is 3.28. The zero-order chi connectivity index (χ0) is 16.0. The molecule has 2 aromatic carbocycles. The molecule has 3 aromatic rings. The summed E-state index contributed by atoms with van der Waals surface area (Å²) in [4.78, 5) is 2.72. The number of thioether (sulfide) groups is 1. The molecule has 0 unspecified atom stereocenters. The number of fused-ring (bicyclic) bond motifs is 2. The van der Waals surface area contributed by atoms with Crippen LogP contribution in [0.1, 0.15) is 35.8 Å². The maximum atomic E-state index is 6.15. The molecule has 1 aliphatic heterocycles. The van der Waals surface area contributed by atoms with E-state index in [9.17, 15) is 0 Å². The molecule has 0 saturated heterocycles. The first-order valence-electron chi connectivity index (χ1n) is 8.15. The summed E-state index contributed by atoms with van der Waals surface area (Å²) in [6.45, 7) is 6.67. The van der Waals surface area contributed by atoms with E-state index in [4.69, 9.17) is 4.42 Å². The highest BCUT2D eigenvalue weighted by molar-refractivity contribution is 8.08. The average molecular weight is 320 g/mol. The summed E-state index contributed by atoms with van der Waals surface area (Å²) in [5.41, 5.74) is 6.70. The lowest BCUT2D eigenvalue weighted by molar-refractivity contribution is 0.601. The van der Waals surface area contributed by atoms with E-state index in [0.29, 0.717) is 0 Å². The minimum absolute atomic E-state index is 0.970. The van der Waals surface area contributed by atoms with Crippen molar-refractivity contribution in [3.8, 4) is 0 Å². The number of benzene rings is 2. The summed E-state index contributed by atoms with van der Waals surface area (Å²) >= 11 is 1.88. The minimum Gasteiger partial charge on any atom is -0.456 e. The molecular weight excluding hydrogens is 300 g/mol. The Hall–Kier alpha value is -1.93. The number of hydrogen-bond donors (Lipinski definition) is 0. The van der Waals surface area contributed by atoms with Crippen LogP contribution >= 0.6 is 11.8 Å². The third-order valence-electron chi connectivity index (χ3n) is 4.68. The van der Waals surface area contributed by atoms with Gasteiger partial charge >= 0.3 is 0 Å². The van der Waals surface area contributed by atoms with Crippen molar-refractivity contribution in [1.82, 2.24) is 0 Å². The molecule has 2 heterocycles. The van der Waals surface area contributed by atoms with Gasteiger partial charge in [-0.2, -0.15) is 0 Å². The van der Waals surface area contributed by atoms with E-state index < -0.39 is 0 Å². The van der Waals surface area contributed by atoms with Crippen molar-refractivity contribution < 1.29 is 4.42 Å². The van der Waals surface area contributed by atoms with Crippen LogP contribution in [0.5, 0.6) is 0 Å². The lowest BCUT2D eigenvalue weighted by atomic mass is 9.96. The lowest BCUT2D eigenvalue weighted by Crippen LogP contribution is -2.04. The molecule has 2 heteroatoms. The zero-order valence-corrected chi connectivity index (χ0v) is 14.6. The van der Waals surface area contributed by atoms with Gasteiger partial charge in [-0.15, -0.1) is 0 Å². The van der Waals surface area contributed by atoms with Gasteiger partial charge in [0.2, 0.25) is 0 Å². The van der Waals surface area contributed by atoms with Crippen molar-refractivity contribution in [2.24, 2.45) is 0 Å². The van der Waals surface area contributed by atoms with Gasteiger partial charge in [-0.3, -0.25) is 0 Å². The third kappa shape index (κ3) is 2.42. The van der Waals surface area contributed by atoms with Gasteiger partial charge in [-0.25, -0.2) is 0 Å². The number of rotatable bonds is 2. The maximum Gasteiger partial charge on any atom is 0.142 e. The van der Waals surface area contributed by atoms with Gasteiger partial charge in [-0.05, 0) is 61.1 Å². The summed E-state index contributed by atoms with van der Waals surface area (Å²) in [7, 11) is 0. The Morgan fingerprint density at radius 2 is 1.83 bits per heavy atom. The standard InChI is InChI=1S/C21H20OS/c1-4-15-11-17-13(2)9-10-14(3)20(17)23-21(15)19-12-16-7-5-6-8-18(16)22-19/h5-10,12H,4,11H2,1-3H3. The van der Waals surface area contributed by atoms with E-state index in [1.54, 1.807) is 0 Å². The average Bonchev–Trinajstić information content (AvgIpc) is 3.01. The van der Waals surface area contributed by atoms with E-state index in [1.807, 2.05) is 23.9 Å². The largest absolute Gasteiger partial charge is 0.456 e. The highest BCUT2D eigenvalue weighted by atomic mass is 32.2. The highest BCUT2D eigenvalue weighted by Gasteiger charge is 2.24. The molecule has 0 bridgehead atoms. The first kappa shape index (κ1) is 14.6. The summed E-state index contributed by atoms with van der Waals surface area (Å²) < 4.78 is 6.15. The molecule has 0 atom stereocenters. The first-order valence-corrected chi connectivity index (χ1v) is 8.97. The molecule has 0 saturated carbocycles. The van der Waals surface area contributed by atoms with Gasteiger partial charge in [-0.1, -0.05) is 49.0 Å². The minimum atomic E-state index is 0.970. The Kier molecular flexibility index (Phi) is 3.57. The molecule has 0 radical (unpaired) electrons. The Balaban J connectivity index is 1.86. The van der Waals surface area contributed by atoms with Crippen LogP contribution in [0, 0.1) is 13.8 Å². The molecule has 1 nitrogen and oxygen atoms in total. The number of hydrogen-bond acceptors (Lipinski definition) is 2. The maximum absolute atomic E-state index is 6.15. The van der Waals surface area contributed by atoms with Gasteiger partial charge in [0.25, 0.3) is 0 Å². The van der Waals surface area contributed by atoms with E-state index in [0.717, 1.165) is 24.2 Å². The van der Waals surface area contributed by atoms with Gasteiger partial charge in [0.15, 0.2) is 0 Å². The predicted octanol–water partition coefficient (Wildman–Crippen LogP) is 6.52. The number of para-hydroxylation sites is 1.